The van der Waals surface area contributed by atoms with E-state index >= 15 is 0 Å². The molecule has 1 heterocycles. The predicted octanol–water partition coefficient (Wildman–Crippen LogP) is 0.673. The van der Waals surface area contributed by atoms with E-state index in [1.165, 1.54) is 6.07 Å². The van der Waals surface area contributed by atoms with Crippen LogP contribution in [0.5, 0.6) is 0 Å². The summed E-state index contributed by atoms with van der Waals surface area (Å²) < 4.78 is 5.53. The summed E-state index contributed by atoms with van der Waals surface area (Å²) in [5, 5.41) is 29.5. The highest BCUT2D eigenvalue weighted by molar-refractivity contribution is 5.64. The van der Waals surface area contributed by atoms with Crippen molar-refractivity contribution in [2.75, 3.05) is 24.6 Å². The molecule has 20 heavy (non-hydrogen) atoms. The van der Waals surface area contributed by atoms with Crippen molar-refractivity contribution in [2.24, 2.45) is 0 Å². The van der Waals surface area contributed by atoms with Gasteiger partial charge in [0.2, 0.25) is 0 Å². The number of nitrogens with zero attached hydrogens (tertiary/aromatic N) is 2. The molecule has 7 heteroatoms. The molecule has 2 unspecified atom stereocenters. The van der Waals surface area contributed by atoms with Gasteiger partial charge in [0.05, 0.1) is 30.3 Å². The summed E-state index contributed by atoms with van der Waals surface area (Å²) in [5.41, 5.74) is 0.948. The monoisotopic (exact) mass is 282 g/mol. The van der Waals surface area contributed by atoms with Crippen LogP contribution in [0.1, 0.15) is 12.5 Å². The summed E-state index contributed by atoms with van der Waals surface area (Å²) in [5.74, 6) is 0. The van der Waals surface area contributed by atoms with Gasteiger partial charge in [-0.1, -0.05) is 6.07 Å². The molecule has 1 saturated heterocycles. The van der Waals surface area contributed by atoms with Gasteiger partial charge >= 0.3 is 0 Å². The largest absolute Gasteiger partial charge is 0.394 e. The molecule has 2 N–H and O–H groups in total. The first kappa shape index (κ1) is 14.7. The zero-order valence-electron chi connectivity index (χ0n) is 11.2. The van der Waals surface area contributed by atoms with Gasteiger partial charge in [0, 0.05) is 19.2 Å². The lowest BCUT2D eigenvalue weighted by Crippen LogP contribution is -2.48. The third-order valence-electron chi connectivity index (χ3n) is 3.29. The van der Waals surface area contributed by atoms with Crippen molar-refractivity contribution in [1.82, 2.24) is 0 Å². The molecular formula is C13H18N2O5. The van der Waals surface area contributed by atoms with E-state index in [1.807, 2.05) is 11.8 Å². The molecule has 1 aromatic rings. The maximum Gasteiger partial charge on any atom is 0.292 e. The van der Waals surface area contributed by atoms with Crippen LogP contribution in [0.25, 0.3) is 0 Å². The molecule has 0 saturated carbocycles. The Hall–Kier alpha value is -1.70. The van der Waals surface area contributed by atoms with Crippen LogP contribution in [-0.2, 0) is 11.3 Å². The fraction of sp³-hybridized carbons (Fsp3) is 0.538. The average molecular weight is 282 g/mol. The number of rotatable bonds is 4. The fourth-order valence-electron chi connectivity index (χ4n) is 2.42. The number of nitro groups is 1. The number of ether oxygens (including phenoxy) is 1. The Morgan fingerprint density at radius 2 is 2.20 bits per heavy atom. The minimum Gasteiger partial charge on any atom is -0.394 e. The topological polar surface area (TPSA) is 96.1 Å². The van der Waals surface area contributed by atoms with Gasteiger partial charge in [0.15, 0.2) is 0 Å². The quantitative estimate of drug-likeness (QED) is 0.622. The van der Waals surface area contributed by atoms with Crippen LogP contribution >= 0.6 is 0 Å². The van der Waals surface area contributed by atoms with Crippen LogP contribution in [-0.4, -0.2) is 47.0 Å². The van der Waals surface area contributed by atoms with Crippen molar-refractivity contribution in [3.8, 4) is 0 Å². The molecular weight excluding hydrogens is 264 g/mol. The molecule has 2 rings (SSSR count). The fourth-order valence-corrected chi connectivity index (χ4v) is 2.42. The van der Waals surface area contributed by atoms with Crippen molar-refractivity contribution < 1.29 is 19.9 Å². The van der Waals surface area contributed by atoms with E-state index in [0.29, 0.717) is 24.3 Å². The van der Waals surface area contributed by atoms with Crippen LogP contribution in [0.2, 0.25) is 0 Å². The molecule has 1 aromatic carbocycles. The minimum absolute atomic E-state index is 0.0395. The number of anilines is 1. The number of morpholine rings is 1. The van der Waals surface area contributed by atoms with Gasteiger partial charge in [-0.05, 0) is 18.6 Å². The summed E-state index contributed by atoms with van der Waals surface area (Å²) in [6, 6.07) is 4.68. The van der Waals surface area contributed by atoms with Gasteiger partial charge in [-0.15, -0.1) is 0 Å². The van der Waals surface area contributed by atoms with Crippen LogP contribution in [0.4, 0.5) is 11.4 Å². The second-order valence-corrected chi connectivity index (χ2v) is 4.89. The lowest BCUT2D eigenvalue weighted by Gasteiger charge is -2.37. The first-order valence-electron chi connectivity index (χ1n) is 6.44. The average Bonchev–Trinajstić information content (AvgIpc) is 2.45. The molecule has 7 nitrogen and oxygen atoms in total. The normalized spacial score (nSPS) is 22.9. The molecule has 2 atom stereocenters. The number of hydrogen-bond acceptors (Lipinski definition) is 6. The molecule has 1 fully saturated rings. The van der Waals surface area contributed by atoms with Gasteiger partial charge in [-0.25, -0.2) is 0 Å². The van der Waals surface area contributed by atoms with Crippen molar-refractivity contribution in [1.29, 1.82) is 0 Å². The van der Waals surface area contributed by atoms with Gasteiger partial charge in [-0.3, -0.25) is 10.1 Å². The Labute approximate surface area is 116 Å². The zero-order valence-corrected chi connectivity index (χ0v) is 11.2. The molecule has 0 radical (unpaired) electrons. The van der Waals surface area contributed by atoms with E-state index < -0.39 is 4.92 Å². The summed E-state index contributed by atoms with van der Waals surface area (Å²) in [6.45, 7) is 2.43. The maximum atomic E-state index is 11.2. The molecule has 0 amide bonds. The van der Waals surface area contributed by atoms with E-state index in [2.05, 4.69) is 0 Å². The Balaban J connectivity index is 2.33. The first-order valence-corrected chi connectivity index (χ1v) is 6.44. The second-order valence-electron chi connectivity index (χ2n) is 4.89. The molecule has 110 valence electrons. The highest BCUT2D eigenvalue weighted by Gasteiger charge is 2.29. The van der Waals surface area contributed by atoms with Gasteiger partial charge < -0.3 is 19.8 Å². The zero-order chi connectivity index (χ0) is 14.7. The van der Waals surface area contributed by atoms with E-state index in [4.69, 9.17) is 9.84 Å². The van der Waals surface area contributed by atoms with Crippen LogP contribution in [0.3, 0.4) is 0 Å². The lowest BCUT2D eigenvalue weighted by atomic mass is 10.1. The van der Waals surface area contributed by atoms with Crippen LogP contribution < -0.4 is 4.90 Å². The van der Waals surface area contributed by atoms with Crippen molar-refractivity contribution in [2.45, 2.75) is 25.7 Å². The summed E-state index contributed by atoms with van der Waals surface area (Å²) >= 11 is 0. The van der Waals surface area contributed by atoms with Crippen molar-refractivity contribution >= 4 is 11.4 Å². The third-order valence-corrected chi connectivity index (χ3v) is 3.29. The third kappa shape index (κ3) is 3.06. The van der Waals surface area contributed by atoms with Gasteiger partial charge in [0.25, 0.3) is 5.69 Å². The Morgan fingerprint density at radius 1 is 1.45 bits per heavy atom. The molecule has 1 aliphatic rings. The highest BCUT2D eigenvalue weighted by atomic mass is 16.6. The number of aliphatic hydroxyl groups is 2. The second kappa shape index (κ2) is 6.17. The van der Waals surface area contributed by atoms with E-state index in [9.17, 15) is 15.2 Å². The SMILES string of the molecule is CC1CN(c2ccc(CO)cc2[N+](=O)[O-])CC(CO)O1. The lowest BCUT2D eigenvalue weighted by molar-refractivity contribution is -0.384. The van der Waals surface area contributed by atoms with E-state index in [-0.39, 0.29) is 31.1 Å². The smallest absolute Gasteiger partial charge is 0.292 e. The molecule has 0 spiro atoms. The number of hydrogen-bond donors (Lipinski definition) is 2. The summed E-state index contributed by atoms with van der Waals surface area (Å²) in [4.78, 5) is 12.6. The van der Waals surface area contributed by atoms with Crippen molar-refractivity contribution in [3.63, 3.8) is 0 Å². The molecule has 0 aliphatic carbocycles. The number of nitro benzene ring substituents is 1. The summed E-state index contributed by atoms with van der Waals surface area (Å²) in [6.07, 6.45) is -0.464. The van der Waals surface area contributed by atoms with Crippen molar-refractivity contribution in [3.05, 3.63) is 33.9 Å². The standard InChI is InChI=1S/C13H18N2O5/c1-9-5-14(6-11(8-17)20-9)12-3-2-10(7-16)4-13(12)15(18)19/h2-4,9,11,16-17H,5-8H2,1H3. The number of aliphatic hydroxyl groups excluding tert-OH is 2. The van der Waals surface area contributed by atoms with Gasteiger partial charge in [0.1, 0.15) is 5.69 Å². The Bertz CT molecular complexity index is 494. The highest BCUT2D eigenvalue weighted by Crippen LogP contribution is 2.31. The summed E-state index contributed by atoms with van der Waals surface area (Å²) in [7, 11) is 0. The minimum atomic E-state index is -0.456. The van der Waals surface area contributed by atoms with Crippen LogP contribution in [0.15, 0.2) is 18.2 Å². The Kier molecular flexibility index (Phi) is 4.53. The van der Waals surface area contributed by atoms with Gasteiger partial charge in [-0.2, -0.15) is 0 Å². The van der Waals surface area contributed by atoms with E-state index in [0.717, 1.165) is 0 Å². The molecule has 0 bridgehead atoms. The molecule has 1 aliphatic heterocycles. The first-order chi connectivity index (χ1) is 9.55. The van der Waals surface area contributed by atoms with Crippen LogP contribution in [0, 0.1) is 10.1 Å². The Morgan fingerprint density at radius 3 is 2.80 bits per heavy atom. The molecule has 0 aromatic heterocycles. The number of benzene rings is 1. The predicted molar refractivity (Wildman–Crippen MR) is 72.7 cm³/mol. The maximum absolute atomic E-state index is 11.2. The van der Waals surface area contributed by atoms with E-state index in [1.54, 1.807) is 12.1 Å².